The van der Waals surface area contributed by atoms with Crippen LogP contribution in [0.15, 0.2) is 30.4 Å². The van der Waals surface area contributed by atoms with Crippen LogP contribution in [0.1, 0.15) is 69.7 Å². The maximum Gasteiger partial charge on any atom is 0.408 e. The molecule has 4 aliphatic rings. The summed E-state index contributed by atoms with van der Waals surface area (Å²) in [6.45, 7) is 5.21. The second kappa shape index (κ2) is 15.1. The zero-order valence-corrected chi connectivity index (χ0v) is 30.2. The highest BCUT2D eigenvalue weighted by Gasteiger charge is 2.62. The minimum Gasteiger partial charge on any atom is -0.497 e. The molecule has 0 spiro atoms. The Morgan fingerprint density at radius 1 is 1.08 bits per heavy atom. The maximum atomic E-state index is 14.2. The highest BCUT2D eigenvalue weighted by molar-refractivity contribution is 7.91. The van der Waals surface area contributed by atoms with Crippen molar-refractivity contribution >= 4 is 39.8 Å². The molecular formula is C34H46N4O12S. The SMILES string of the molecule is COc1ccc(C(=O)OC2CC3C(=O)NC4(C(=O)NS(=O)(=O)C5CC5)CC4C=CCOCCCC(NC(=O)OC(C)(C)C)C(=O)N3C2)c(OC)c1. The van der Waals surface area contributed by atoms with Crippen molar-refractivity contribution in [2.45, 2.75) is 93.9 Å². The fourth-order valence-electron chi connectivity index (χ4n) is 6.19. The van der Waals surface area contributed by atoms with E-state index in [0.717, 1.165) is 0 Å². The third kappa shape index (κ3) is 9.11. The number of hydrogen-bond donors (Lipinski definition) is 3. The number of rotatable bonds is 8. The van der Waals surface area contributed by atoms with E-state index in [-0.39, 0.29) is 50.3 Å². The van der Waals surface area contributed by atoms with Gasteiger partial charge in [0.05, 0.1) is 32.6 Å². The first-order valence-corrected chi connectivity index (χ1v) is 18.5. The van der Waals surface area contributed by atoms with Gasteiger partial charge in [0.2, 0.25) is 21.8 Å². The summed E-state index contributed by atoms with van der Waals surface area (Å²) in [5.41, 5.74) is -2.38. The molecule has 2 heterocycles. The van der Waals surface area contributed by atoms with Gasteiger partial charge in [-0.25, -0.2) is 18.0 Å². The number of hydrogen-bond acceptors (Lipinski definition) is 12. The van der Waals surface area contributed by atoms with Crippen molar-refractivity contribution in [2.24, 2.45) is 5.92 Å². The normalized spacial score (nSPS) is 27.0. The molecule has 0 bridgehead atoms. The Kier molecular flexibility index (Phi) is 11.2. The standard InChI is InChI=1S/C34H46N4O12S/c1-33(2,3)50-32(43)35-25-9-7-15-48-14-6-8-20-18-34(20,31(42)37-51(44,45)23-11-12-23)36-28(39)26-16-22(19-38(26)29(25)40)49-30(41)24-13-10-21(46-4)17-27(24)47-5/h6,8,10,13,17,20,22-23,25-26H,7,9,11-12,14-16,18-19H2,1-5H3,(H,35,43)(H,36,39)(H,37,42). The summed E-state index contributed by atoms with van der Waals surface area (Å²) in [6, 6.07) is 2.13. The van der Waals surface area contributed by atoms with Crippen LogP contribution in [0.3, 0.4) is 0 Å². The molecule has 3 N–H and O–H groups in total. The average molecular weight is 735 g/mol. The first kappa shape index (κ1) is 37.9. The van der Waals surface area contributed by atoms with Crippen molar-refractivity contribution in [3.05, 3.63) is 35.9 Å². The number of nitrogens with zero attached hydrogens (tertiary/aromatic N) is 1. The lowest BCUT2D eigenvalue weighted by Gasteiger charge is -2.30. The third-order valence-corrected chi connectivity index (χ3v) is 10.9. The summed E-state index contributed by atoms with van der Waals surface area (Å²) >= 11 is 0. The Bertz CT molecular complexity index is 1670. The number of alkyl carbamates (subject to hydrolysis) is 1. The molecule has 16 nitrogen and oxygen atoms in total. The molecule has 3 fully saturated rings. The number of nitrogens with one attached hydrogen (secondary N) is 3. The van der Waals surface area contributed by atoms with E-state index in [0.29, 0.717) is 25.0 Å². The van der Waals surface area contributed by atoms with Crippen LogP contribution in [-0.4, -0.2) is 112 Å². The molecule has 1 saturated heterocycles. The van der Waals surface area contributed by atoms with Gasteiger partial charge in [0, 0.05) is 25.0 Å². The largest absolute Gasteiger partial charge is 0.497 e. The van der Waals surface area contributed by atoms with E-state index >= 15 is 0 Å². The number of carbonyl (C=O) groups is 5. The molecule has 5 atom stereocenters. The van der Waals surface area contributed by atoms with Gasteiger partial charge in [-0.2, -0.15) is 0 Å². The van der Waals surface area contributed by atoms with Crippen LogP contribution in [0.4, 0.5) is 4.79 Å². The van der Waals surface area contributed by atoms with Gasteiger partial charge in [-0.3, -0.25) is 19.1 Å². The molecule has 2 aliphatic heterocycles. The number of sulfonamides is 1. The predicted octanol–water partition coefficient (Wildman–Crippen LogP) is 1.57. The Morgan fingerprint density at radius 3 is 2.49 bits per heavy atom. The molecule has 17 heteroatoms. The zero-order chi connectivity index (χ0) is 37.1. The second-order valence-electron chi connectivity index (χ2n) is 14.1. The number of methoxy groups -OCH3 is 2. The highest BCUT2D eigenvalue weighted by atomic mass is 32.2. The smallest absolute Gasteiger partial charge is 0.408 e. The first-order chi connectivity index (χ1) is 24.1. The number of ether oxygens (including phenoxy) is 5. The molecule has 0 radical (unpaired) electrons. The van der Waals surface area contributed by atoms with Crippen molar-refractivity contribution in [3.63, 3.8) is 0 Å². The maximum absolute atomic E-state index is 14.2. The Balaban J connectivity index is 1.44. The van der Waals surface area contributed by atoms with Crippen LogP contribution in [0, 0.1) is 5.92 Å². The van der Waals surface area contributed by atoms with Gasteiger partial charge in [-0.15, -0.1) is 0 Å². The summed E-state index contributed by atoms with van der Waals surface area (Å²) in [6.07, 6.45) is 2.88. The van der Waals surface area contributed by atoms with E-state index < -0.39 is 80.3 Å². The quantitative estimate of drug-likeness (QED) is 0.257. The molecule has 51 heavy (non-hydrogen) atoms. The van der Waals surface area contributed by atoms with Gasteiger partial charge < -0.3 is 39.2 Å². The number of benzene rings is 1. The van der Waals surface area contributed by atoms with E-state index in [2.05, 4.69) is 15.4 Å². The number of esters is 1. The van der Waals surface area contributed by atoms with Crippen LogP contribution >= 0.6 is 0 Å². The molecule has 1 aromatic carbocycles. The van der Waals surface area contributed by atoms with Crippen LogP contribution in [0.25, 0.3) is 0 Å². The Hall–Kier alpha value is -4.38. The van der Waals surface area contributed by atoms with Crippen LogP contribution in [0.5, 0.6) is 11.5 Å². The molecule has 4 amide bonds. The van der Waals surface area contributed by atoms with Gasteiger partial charge in [-0.1, -0.05) is 12.2 Å². The molecular weight excluding hydrogens is 688 g/mol. The van der Waals surface area contributed by atoms with Crippen molar-refractivity contribution in [1.82, 2.24) is 20.3 Å². The van der Waals surface area contributed by atoms with E-state index in [1.807, 2.05) is 0 Å². The molecule has 5 unspecified atom stereocenters. The fraction of sp³-hybridized carbons (Fsp3) is 0.618. The van der Waals surface area contributed by atoms with Crippen molar-refractivity contribution in [1.29, 1.82) is 0 Å². The van der Waals surface area contributed by atoms with Gasteiger partial charge in [0.1, 0.15) is 46.4 Å². The summed E-state index contributed by atoms with van der Waals surface area (Å²) in [5, 5.41) is 4.69. The van der Waals surface area contributed by atoms with Crippen LogP contribution in [-0.2, 0) is 38.6 Å². The average Bonchev–Trinajstić information content (AvgIpc) is 3.99. The van der Waals surface area contributed by atoms with E-state index in [4.69, 9.17) is 23.7 Å². The number of amides is 4. The third-order valence-electron chi connectivity index (χ3n) is 9.07. The zero-order valence-electron chi connectivity index (χ0n) is 29.4. The summed E-state index contributed by atoms with van der Waals surface area (Å²) < 4.78 is 55.0. The molecule has 5 rings (SSSR count). The molecule has 280 valence electrons. The van der Waals surface area contributed by atoms with Gasteiger partial charge in [0.15, 0.2) is 0 Å². The summed E-state index contributed by atoms with van der Waals surface area (Å²) in [4.78, 5) is 69.4. The molecule has 0 aromatic heterocycles. The van der Waals surface area contributed by atoms with Gasteiger partial charge >= 0.3 is 12.1 Å². The summed E-state index contributed by atoms with van der Waals surface area (Å²) in [5.74, 6) is -2.96. The lowest BCUT2D eigenvalue weighted by atomic mass is 10.1. The lowest BCUT2D eigenvalue weighted by molar-refractivity contribution is -0.141. The Morgan fingerprint density at radius 2 is 1.82 bits per heavy atom. The predicted molar refractivity (Wildman–Crippen MR) is 180 cm³/mol. The van der Waals surface area contributed by atoms with Gasteiger partial charge in [0.25, 0.3) is 5.91 Å². The first-order valence-electron chi connectivity index (χ1n) is 16.9. The van der Waals surface area contributed by atoms with Crippen molar-refractivity contribution in [2.75, 3.05) is 34.0 Å². The highest BCUT2D eigenvalue weighted by Crippen LogP contribution is 2.46. The second-order valence-corrected chi connectivity index (χ2v) is 16.1. The van der Waals surface area contributed by atoms with Crippen molar-refractivity contribution in [3.8, 4) is 11.5 Å². The van der Waals surface area contributed by atoms with Crippen LogP contribution < -0.4 is 24.8 Å². The number of carbonyl (C=O) groups excluding carboxylic acids is 5. The topological polar surface area (TPSA) is 205 Å². The minimum atomic E-state index is -3.94. The van der Waals surface area contributed by atoms with Gasteiger partial charge in [-0.05, 0) is 65.0 Å². The summed E-state index contributed by atoms with van der Waals surface area (Å²) in [7, 11) is -1.09. The fourth-order valence-corrected chi connectivity index (χ4v) is 7.56. The molecule has 2 aliphatic carbocycles. The number of fused-ring (bicyclic) bond motifs is 2. The minimum absolute atomic E-state index is 0.0862. The van der Waals surface area contributed by atoms with E-state index in [9.17, 15) is 32.4 Å². The lowest BCUT2D eigenvalue weighted by Crippen LogP contribution is -2.58. The van der Waals surface area contributed by atoms with Crippen LogP contribution in [0.2, 0.25) is 0 Å². The molecule has 1 aromatic rings. The monoisotopic (exact) mass is 734 g/mol. The van der Waals surface area contributed by atoms with Crippen molar-refractivity contribution < 1.29 is 56.1 Å². The van der Waals surface area contributed by atoms with E-state index in [1.165, 1.54) is 31.3 Å². The Labute approximate surface area is 296 Å². The van der Waals surface area contributed by atoms with E-state index in [1.54, 1.807) is 39.0 Å². The molecule has 2 saturated carbocycles.